The van der Waals surface area contributed by atoms with E-state index in [2.05, 4.69) is 15.0 Å². The van der Waals surface area contributed by atoms with Crippen molar-refractivity contribution in [3.05, 3.63) is 78.3 Å². The fraction of sp³-hybridized carbons (Fsp3) is 0.136. The summed E-state index contributed by atoms with van der Waals surface area (Å²) in [6.45, 7) is 3.48. The summed E-state index contributed by atoms with van der Waals surface area (Å²) in [6, 6.07) is 8.69. The third-order valence-electron chi connectivity index (χ3n) is 5.12. The minimum absolute atomic E-state index is 0.385. The Morgan fingerprint density at radius 2 is 1.87 bits per heavy atom. The molecule has 1 amide bonds. The van der Waals surface area contributed by atoms with Crippen LogP contribution in [0.1, 0.15) is 34.5 Å². The van der Waals surface area contributed by atoms with Gasteiger partial charge in [0.2, 0.25) is 11.9 Å². The van der Waals surface area contributed by atoms with Crippen LogP contribution in [0.3, 0.4) is 0 Å². The molecule has 0 fully saturated rings. The van der Waals surface area contributed by atoms with Crippen LogP contribution in [-0.2, 0) is 4.79 Å². The maximum absolute atomic E-state index is 11.7. The van der Waals surface area contributed by atoms with Crippen molar-refractivity contribution in [1.29, 1.82) is 0 Å². The molecule has 31 heavy (non-hydrogen) atoms. The Labute approximate surface area is 177 Å². The summed E-state index contributed by atoms with van der Waals surface area (Å²) in [7, 11) is 0. The normalized spacial score (nSPS) is 11.9. The zero-order chi connectivity index (χ0) is 22.1. The molecule has 0 bridgehead atoms. The molecule has 9 heteroatoms. The molecule has 1 aromatic carbocycles. The Balaban J connectivity index is 1.86. The smallest absolute Gasteiger partial charge is 0.312 e. The van der Waals surface area contributed by atoms with Crippen molar-refractivity contribution in [2.75, 3.05) is 0 Å². The van der Waals surface area contributed by atoms with E-state index in [1.165, 1.54) is 0 Å². The van der Waals surface area contributed by atoms with Crippen LogP contribution < -0.4 is 5.73 Å². The number of aryl methyl sites for hydroxylation is 1. The molecule has 9 nitrogen and oxygen atoms in total. The Morgan fingerprint density at radius 1 is 1.13 bits per heavy atom. The molecule has 4 aromatic rings. The zero-order valence-electron chi connectivity index (χ0n) is 16.9. The second-order valence-corrected chi connectivity index (χ2v) is 7.15. The number of hydrogen-bond donors (Lipinski definition) is 2. The summed E-state index contributed by atoms with van der Waals surface area (Å²) in [5.74, 6) is -1.75. The van der Waals surface area contributed by atoms with Gasteiger partial charge in [-0.05, 0) is 49.7 Å². The third-order valence-corrected chi connectivity index (χ3v) is 5.12. The van der Waals surface area contributed by atoms with E-state index in [0.29, 0.717) is 22.8 Å². The van der Waals surface area contributed by atoms with Gasteiger partial charge in [-0.3, -0.25) is 14.2 Å². The molecule has 0 aliphatic carbocycles. The summed E-state index contributed by atoms with van der Waals surface area (Å²) in [5, 5.41) is 9.61. The number of rotatable bonds is 6. The minimum atomic E-state index is -0.941. The summed E-state index contributed by atoms with van der Waals surface area (Å²) < 4.78 is 3.54. The summed E-state index contributed by atoms with van der Waals surface area (Å²) >= 11 is 0. The SMILES string of the molecule is Cc1cc(C(N)=O)ccc1-n1c(-c2cnc(-n3ccnc3)nc2)ccc1C(C)C(=O)O. The average Bonchev–Trinajstić information content (AvgIpc) is 3.43. The van der Waals surface area contributed by atoms with Crippen molar-refractivity contribution in [2.24, 2.45) is 5.73 Å². The number of carbonyl (C=O) groups is 2. The first-order valence-electron chi connectivity index (χ1n) is 9.53. The number of carboxylic acids is 1. The molecule has 0 aliphatic rings. The van der Waals surface area contributed by atoms with Crippen molar-refractivity contribution >= 4 is 11.9 Å². The number of aromatic nitrogens is 5. The first-order valence-corrected chi connectivity index (χ1v) is 9.53. The molecule has 0 saturated heterocycles. The molecule has 4 rings (SSSR count). The number of amides is 1. The van der Waals surface area contributed by atoms with Gasteiger partial charge in [-0.2, -0.15) is 0 Å². The highest BCUT2D eigenvalue weighted by Gasteiger charge is 2.23. The van der Waals surface area contributed by atoms with Gasteiger partial charge in [0.15, 0.2) is 0 Å². The second kappa shape index (κ2) is 7.86. The van der Waals surface area contributed by atoms with E-state index >= 15 is 0 Å². The Kier molecular flexibility index (Phi) is 5.08. The highest BCUT2D eigenvalue weighted by atomic mass is 16.4. The Hall–Kier alpha value is -4.27. The Bertz CT molecular complexity index is 1260. The van der Waals surface area contributed by atoms with Crippen LogP contribution in [0.4, 0.5) is 0 Å². The van der Waals surface area contributed by atoms with Crippen LogP contribution in [0.25, 0.3) is 22.9 Å². The number of carbonyl (C=O) groups excluding carboxylic acids is 1. The maximum atomic E-state index is 11.7. The summed E-state index contributed by atoms with van der Waals surface area (Å²) in [4.78, 5) is 36.1. The predicted molar refractivity (Wildman–Crippen MR) is 113 cm³/mol. The van der Waals surface area contributed by atoms with Gasteiger partial charge < -0.3 is 15.4 Å². The van der Waals surface area contributed by atoms with Crippen LogP contribution in [0.5, 0.6) is 0 Å². The topological polar surface area (TPSA) is 129 Å². The highest BCUT2D eigenvalue weighted by Crippen LogP contribution is 2.32. The number of nitrogens with zero attached hydrogens (tertiary/aromatic N) is 5. The van der Waals surface area contributed by atoms with Crippen LogP contribution >= 0.6 is 0 Å². The number of carboxylic acid groups (broad SMARTS) is 1. The maximum Gasteiger partial charge on any atom is 0.312 e. The quantitative estimate of drug-likeness (QED) is 0.497. The van der Waals surface area contributed by atoms with E-state index in [1.807, 2.05) is 17.6 Å². The summed E-state index contributed by atoms with van der Waals surface area (Å²) in [5.41, 5.74) is 9.35. The van der Waals surface area contributed by atoms with Gasteiger partial charge in [-0.15, -0.1) is 0 Å². The Morgan fingerprint density at radius 3 is 2.45 bits per heavy atom. The first kappa shape index (κ1) is 20.0. The lowest BCUT2D eigenvalue weighted by atomic mass is 10.1. The molecular formula is C22H20N6O3. The molecule has 0 aliphatic heterocycles. The van der Waals surface area contributed by atoms with Crippen LogP contribution in [0.15, 0.2) is 61.4 Å². The van der Waals surface area contributed by atoms with Gasteiger partial charge in [0.25, 0.3) is 0 Å². The van der Waals surface area contributed by atoms with E-state index in [9.17, 15) is 14.7 Å². The number of hydrogen-bond acceptors (Lipinski definition) is 5. The lowest BCUT2D eigenvalue weighted by Gasteiger charge is -2.18. The van der Waals surface area contributed by atoms with Gasteiger partial charge in [0.05, 0.1) is 11.6 Å². The largest absolute Gasteiger partial charge is 0.481 e. The third kappa shape index (κ3) is 3.68. The molecule has 3 heterocycles. The number of aliphatic carboxylic acids is 1. The predicted octanol–water partition coefficient (Wildman–Crippen LogP) is 2.72. The van der Waals surface area contributed by atoms with E-state index in [4.69, 9.17) is 5.73 Å². The summed E-state index contributed by atoms with van der Waals surface area (Å²) in [6.07, 6.45) is 8.34. The molecule has 0 saturated carbocycles. The van der Waals surface area contributed by atoms with E-state index < -0.39 is 17.8 Å². The van der Waals surface area contributed by atoms with Crippen molar-refractivity contribution in [3.63, 3.8) is 0 Å². The molecule has 3 aromatic heterocycles. The van der Waals surface area contributed by atoms with E-state index in [-0.39, 0.29) is 0 Å². The van der Waals surface area contributed by atoms with E-state index in [0.717, 1.165) is 16.9 Å². The number of benzene rings is 1. The fourth-order valence-corrected chi connectivity index (χ4v) is 3.44. The second-order valence-electron chi connectivity index (χ2n) is 7.15. The number of primary amides is 1. The minimum Gasteiger partial charge on any atom is -0.481 e. The lowest BCUT2D eigenvalue weighted by Crippen LogP contribution is -2.15. The van der Waals surface area contributed by atoms with E-state index in [1.54, 1.807) is 66.9 Å². The van der Waals surface area contributed by atoms with Crippen molar-refractivity contribution < 1.29 is 14.7 Å². The van der Waals surface area contributed by atoms with Crippen molar-refractivity contribution in [3.8, 4) is 22.9 Å². The van der Waals surface area contributed by atoms with Crippen LogP contribution in [0.2, 0.25) is 0 Å². The molecule has 0 spiro atoms. The molecule has 0 radical (unpaired) electrons. The van der Waals surface area contributed by atoms with Gasteiger partial charge in [-0.25, -0.2) is 15.0 Å². The van der Waals surface area contributed by atoms with Crippen molar-refractivity contribution in [1.82, 2.24) is 24.1 Å². The van der Waals surface area contributed by atoms with Crippen LogP contribution in [-0.4, -0.2) is 41.1 Å². The molecule has 3 N–H and O–H groups in total. The molecule has 1 unspecified atom stereocenters. The monoisotopic (exact) mass is 416 g/mol. The first-order chi connectivity index (χ1) is 14.9. The molecule has 1 atom stereocenters. The number of imidazole rings is 1. The van der Waals surface area contributed by atoms with Gasteiger partial charge in [0, 0.05) is 47.3 Å². The molecular weight excluding hydrogens is 396 g/mol. The van der Waals surface area contributed by atoms with Gasteiger partial charge in [0.1, 0.15) is 6.33 Å². The van der Waals surface area contributed by atoms with Gasteiger partial charge >= 0.3 is 5.97 Å². The van der Waals surface area contributed by atoms with Gasteiger partial charge in [-0.1, -0.05) is 0 Å². The average molecular weight is 416 g/mol. The lowest BCUT2D eigenvalue weighted by molar-refractivity contribution is -0.138. The number of nitrogens with two attached hydrogens (primary N) is 1. The highest BCUT2D eigenvalue weighted by molar-refractivity contribution is 5.93. The van der Waals surface area contributed by atoms with Crippen molar-refractivity contribution in [2.45, 2.75) is 19.8 Å². The zero-order valence-corrected chi connectivity index (χ0v) is 16.9. The van der Waals surface area contributed by atoms with Crippen LogP contribution in [0, 0.1) is 6.92 Å². The standard InChI is InChI=1S/C22H20N6O3/c1-13-9-15(20(23)29)3-4-17(13)28-18(14(2)21(30)31)5-6-19(28)16-10-25-22(26-11-16)27-8-7-24-12-27/h3-12,14H,1-2H3,(H2,23,29)(H,30,31). The molecule has 156 valence electrons. The fourth-order valence-electron chi connectivity index (χ4n) is 3.44.